The highest BCUT2D eigenvalue weighted by molar-refractivity contribution is 9.10. The van der Waals surface area contributed by atoms with Crippen LogP contribution in [0.1, 0.15) is 0 Å². The Morgan fingerprint density at radius 3 is 2.14 bits per heavy atom. The van der Waals surface area contributed by atoms with Crippen LogP contribution in [0.25, 0.3) is 0 Å². The SMILES string of the molecule is C=CCN(CC=C)c1ncc(Br)cn1. The Bertz CT molecular complexity index is 298. The lowest BCUT2D eigenvalue weighted by Gasteiger charge is -2.18. The van der Waals surface area contributed by atoms with Crippen molar-refractivity contribution in [3.8, 4) is 0 Å². The molecule has 1 aromatic rings. The number of rotatable bonds is 5. The Hall–Kier alpha value is -1.16. The number of nitrogens with zero attached hydrogens (tertiary/aromatic N) is 3. The van der Waals surface area contributed by atoms with E-state index in [2.05, 4.69) is 39.1 Å². The monoisotopic (exact) mass is 253 g/mol. The molecule has 0 radical (unpaired) electrons. The van der Waals surface area contributed by atoms with Crippen LogP contribution in [0.5, 0.6) is 0 Å². The molecule has 0 amide bonds. The molecule has 1 rings (SSSR count). The summed E-state index contributed by atoms with van der Waals surface area (Å²) in [7, 11) is 0. The molecule has 0 aromatic carbocycles. The summed E-state index contributed by atoms with van der Waals surface area (Å²) in [5, 5.41) is 0. The van der Waals surface area contributed by atoms with Gasteiger partial charge in [-0.1, -0.05) is 12.2 Å². The van der Waals surface area contributed by atoms with Gasteiger partial charge in [-0.25, -0.2) is 9.97 Å². The molecule has 74 valence electrons. The highest BCUT2D eigenvalue weighted by atomic mass is 79.9. The highest BCUT2D eigenvalue weighted by Gasteiger charge is 2.04. The third kappa shape index (κ3) is 2.96. The molecule has 0 spiro atoms. The molecule has 0 atom stereocenters. The summed E-state index contributed by atoms with van der Waals surface area (Å²) in [6.45, 7) is 8.80. The summed E-state index contributed by atoms with van der Waals surface area (Å²) >= 11 is 3.29. The molecule has 4 heteroatoms. The molecule has 0 N–H and O–H groups in total. The first kappa shape index (κ1) is 10.9. The van der Waals surface area contributed by atoms with Crippen LogP contribution in [-0.4, -0.2) is 23.1 Å². The predicted octanol–water partition coefficient (Wildman–Crippen LogP) is 2.42. The fraction of sp³-hybridized carbons (Fsp3) is 0.200. The minimum Gasteiger partial charge on any atom is -0.333 e. The van der Waals surface area contributed by atoms with Gasteiger partial charge in [0.1, 0.15) is 0 Å². The van der Waals surface area contributed by atoms with E-state index in [0.717, 1.165) is 4.47 Å². The van der Waals surface area contributed by atoms with Crippen LogP contribution >= 0.6 is 15.9 Å². The highest BCUT2D eigenvalue weighted by Crippen LogP contribution is 2.10. The molecule has 0 saturated carbocycles. The van der Waals surface area contributed by atoms with Gasteiger partial charge in [0.05, 0.1) is 4.47 Å². The Kier molecular flexibility index (Phi) is 4.32. The van der Waals surface area contributed by atoms with E-state index in [0.29, 0.717) is 19.0 Å². The maximum atomic E-state index is 4.19. The van der Waals surface area contributed by atoms with Crippen molar-refractivity contribution in [2.24, 2.45) is 0 Å². The van der Waals surface area contributed by atoms with Gasteiger partial charge in [-0.2, -0.15) is 0 Å². The van der Waals surface area contributed by atoms with E-state index in [-0.39, 0.29) is 0 Å². The smallest absolute Gasteiger partial charge is 0.225 e. The standard InChI is InChI=1S/C10H12BrN3/c1-3-5-14(6-4-2)10-12-7-9(11)8-13-10/h3-4,7-8H,1-2,5-6H2. The second-order valence-electron chi connectivity index (χ2n) is 2.68. The number of aromatic nitrogens is 2. The molecule has 3 nitrogen and oxygen atoms in total. The Morgan fingerprint density at radius 1 is 1.21 bits per heavy atom. The summed E-state index contributed by atoms with van der Waals surface area (Å²) in [4.78, 5) is 10.4. The number of halogens is 1. The normalized spacial score (nSPS) is 9.50. The fourth-order valence-electron chi connectivity index (χ4n) is 1.02. The molecule has 0 saturated heterocycles. The zero-order chi connectivity index (χ0) is 10.4. The molecule has 0 aliphatic carbocycles. The lowest BCUT2D eigenvalue weighted by molar-refractivity contribution is 0.887. The Morgan fingerprint density at radius 2 is 1.71 bits per heavy atom. The summed E-state index contributed by atoms with van der Waals surface area (Å²) in [6.07, 6.45) is 7.08. The fourth-order valence-corrected chi connectivity index (χ4v) is 1.22. The predicted molar refractivity (Wildman–Crippen MR) is 62.3 cm³/mol. The van der Waals surface area contributed by atoms with E-state index in [4.69, 9.17) is 0 Å². The molecule has 1 aromatic heterocycles. The van der Waals surface area contributed by atoms with Crippen LogP contribution in [-0.2, 0) is 0 Å². The van der Waals surface area contributed by atoms with Crippen molar-refractivity contribution in [3.05, 3.63) is 42.2 Å². The van der Waals surface area contributed by atoms with Gasteiger partial charge in [0.15, 0.2) is 0 Å². The molecule has 0 unspecified atom stereocenters. The zero-order valence-corrected chi connectivity index (χ0v) is 9.44. The van der Waals surface area contributed by atoms with E-state index in [9.17, 15) is 0 Å². The van der Waals surface area contributed by atoms with Crippen molar-refractivity contribution < 1.29 is 0 Å². The van der Waals surface area contributed by atoms with E-state index < -0.39 is 0 Å². The van der Waals surface area contributed by atoms with Gasteiger partial charge in [0.2, 0.25) is 5.95 Å². The maximum absolute atomic E-state index is 4.19. The van der Waals surface area contributed by atoms with Gasteiger partial charge in [0.25, 0.3) is 0 Å². The summed E-state index contributed by atoms with van der Waals surface area (Å²) in [6, 6.07) is 0. The summed E-state index contributed by atoms with van der Waals surface area (Å²) in [5.41, 5.74) is 0. The average molecular weight is 254 g/mol. The summed E-state index contributed by atoms with van der Waals surface area (Å²) < 4.78 is 0.874. The summed E-state index contributed by atoms with van der Waals surface area (Å²) in [5.74, 6) is 0.688. The lowest BCUT2D eigenvalue weighted by Crippen LogP contribution is -2.25. The first-order chi connectivity index (χ1) is 6.77. The van der Waals surface area contributed by atoms with Gasteiger partial charge in [-0.05, 0) is 15.9 Å². The molecule has 0 aliphatic rings. The molecular formula is C10H12BrN3. The van der Waals surface area contributed by atoms with Crippen LogP contribution in [0.2, 0.25) is 0 Å². The van der Waals surface area contributed by atoms with Crippen LogP contribution in [0.4, 0.5) is 5.95 Å². The first-order valence-corrected chi connectivity index (χ1v) is 5.01. The zero-order valence-electron chi connectivity index (χ0n) is 7.86. The Labute approximate surface area is 92.3 Å². The van der Waals surface area contributed by atoms with Gasteiger partial charge in [-0.15, -0.1) is 13.2 Å². The van der Waals surface area contributed by atoms with Crippen molar-refractivity contribution >= 4 is 21.9 Å². The third-order valence-corrected chi connectivity index (χ3v) is 2.00. The van der Waals surface area contributed by atoms with Crippen LogP contribution < -0.4 is 4.90 Å². The lowest BCUT2D eigenvalue weighted by atomic mass is 10.4. The molecule has 14 heavy (non-hydrogen) atoms. The number of hydrogen-bond acceptors (Lipinski definition) is 3. The van der Waals surface area contributed by atoms with E-state index in [1.807, 2.05) is 17.1 Å². The van der Waals surface area contributed by atoms with E-state index >= 15 is 0 Å². The quantitative estimate of drug-likeness (QED) is 0.755. The number of hydrogen-bond donors (Lipinski definition) is 0. The van der Waals surface area contributed by atoms with Gasteiger partial charge in [0, 0.05) is 25.5 Å². The Balaban J connectivity index is 2.80. The van der Waals surface area contributed by atoms with Crippen molar-refractivity contribution in [1.29, 1.82) is 0 Å². The molecule has 0 fully saturated rings. The van der Waals surface area contributed by atoms with Crippen LogP contribution in [0, 0.1) is 0 Å². The minimum absolute atomic E-state index is 0.688. The van der Waals surface area contributed by atoms with Crippen molar-refractivity contribution in [1.82, 2.24) is 9.97 Å². The molecule has 0 aliphatic heterocycles. The van der Waals surface area contributed by atoms with E-state index in [1.54, 1.807) is 12.4 Å². The van der Waals surface area contributed by atoms with Crippen molar-refractivity contribution in [2.45, 2.75) is 0 Å². The van der Waals surface area contributed by atoms with Gasteiger partial charge in [-0.3, -0.25) is 0 Å². The average Bonchev–Trinajstić information content (AvgIpc) is 2.19. The maximum Gasteiger partial charge on any atom is 0.225 e. The van der Waals surface area contributed by atoms with Gasteiger partial charge >= 0.3 is 0 Å². The van der Waals surface area contributed by atoms with Crippen molar-refractivity contribution in [3.63, 3.8) is 0 Å². The van der Waals surface area contributed by atoms with Crippen LogP contribution in [0.15, 0.2) is 42.2 Å². The third-order valence-electron chi connectivity index (χ3n) is 1.59. The second-order valence-corrected chi connectivity index (χ2v) is 3.60. The number of anilines is 1. The van der Waals surface area contributed by atoms with Crippen LogP contribution in [0.3, 0.4) is 0 Å². The van der Waals surface area contributed by atoms with Crippen molar-refractivity contribution in [2.75, 3.05) is 18.0 Å². The van der Waals surface area contributed by atoms with Gasteiger partial charge < -0.3 is 4.90 Å². The largest absolute Gasteiger partial charge is 0.333 e. The molecular weight excluding hydrogens is 242 g/mol. The molecule has 1 heterocycles. The topological polar surface area (TPSA) is 29.0 Å². The minimum atomic E-state index is 0.688. The molecule has 0 bridgehead atoms. The second kappa shape index (κ2) is 5.54. The van der Waals surface area contributed by atoms with E-state index in [1.165, 1.54) is 0 Å². The first-order valence-electron chi connectivity index (χ1n) is 4.22.